The predicted molar refractivity (Wildman–Crippen MR) is 69.7 cm³/mol. The van der Waals surface area contributed by atoms with Crippen molar-refractivity contribution in [3.63, 3.8) is 0 Å². The van der Waals surface area contributed by atoms with Crippen LogP contribution in [0.15, 0.2) is 18.2 Å². The van der Waals surface area contributed by atoms with Crippen LogP contribution in [0.25, 0.3) is 11.4 Å². The molecule has 1 aliphatic rings. The van der Waals surface area contributed by atoms with Crippen molar-refractivity contribution < 1.29 is 10.2 Å². The second-order valence-corrected chi connectivity index (χ2v) is 4.86. The molecule has 1 aromatic carbocycles. The van der Waals surface area contributed by atoms with Crippen molar-refractivity contribution in [3.05, 3.63) is 24.0 Å². The molecule has 3 rings (SSSR count). The molecular weight excluding hydrogens is 244 g/mol. The first kappa shape index (κ1) is 12.0. The number of aromatic hydroxyl groups is 2. The molecule has 0 aliphatic carbocycles. The van der Waals surface area contributed by atoms with E-state index in [1.54, 1.807) is 6.07 Å². The lowest BCUT2D eigenvalue weighted by Crippen LogP contribution is -2.25. The van der Waals surface area contributed by atoms with Gasteiger partial charge in [-0.2, -0.15) is 0 Å². The maximum atomic E-state index is 9.90. The van der Waals surface area contributed by atoms with Gasteiger partial charge in [0.25, 0.3) is 0 Å². The minimum Gasteiger partial charge on any atom is -0.507 e. The summed E-state index contributed by atoms with van der Waals surface area (Å²) in [5.41, 5.74) is 6.03. The van der Waals surface area contributed by atoms with Gasteiger partial charge in [0.15, 0.2) is 5.82 Å². The van der Waals surface area contributed by atoms with Crippen LogP contribution in [0.2, 0.25) is 0 Å². The second-order valence-electron chi connectivity index (χ2n) is 4.86. The summed E-state index contributed by atoms with van der Waals surface area (Å²) in [5, 5.41) is 28.1. The molecule has 100 valence electrons. The summed E-state index contributed by atoms with van der Waals surface area (Å²) >= 11 is 0. The smallest absolute Gasteiger partial charge is 0.171 e. The minimum atomic E-state index is 0.0103. The normalized spacial score (nSPS) is 18.3. The molecule has 0 saturated heterocycles. The lowest BCUT2D eigenvalue weighted by molar-refractivity contribution is 0.390. The van der Waals surface area contributed by atoms with Crippen molar-refractivity contribution in [3.8, 4) is 22.9 Å². The summed E-state index contributed by atoms with van der Waals surface area (Å²) in [6.07, 6.45) is 1.75. The van der Waals surface area contributed by atoms with Crippen LogP contribution in [-0.2, 0) is 13.0 Å². The van der Waals surface area contributed by atoms with Crippen molar-refractivity contribution in [1.29, 1.82) is 0 Å². The molecule has 6 heteroatoms. The van der Waals surface area contributed by atoms with Crippen LogP contribution in [0.5, 0.6) is 11.5 Å². The van der Waals surface area contributed by atoms with Crippen LogP contribution in [0.3, 0.4) is 0 Å². The molecule has 0 spiro atoms. The number of hydrogen-bond donors (Lipinski definition) is 3. The first-order valence-corrected chi connectivity index (χ1v) is 6.34. The van der Waals surface area contributed by atoms with Crippen molar-refractivity contribution >= 4 is 0 Å². The zero-order valence-electron chi connectivity index (χ0n) is 10.5. The van der Waals surface area contributed by atoms with Crippen molar-refractivity contribution in [2.45, 2.75) is 19.4 Å². The highest BCUT2D eigenvalue weighted by Crippen LogP contribution is 2.37. The SMILES string of the molecule is NCC1CCn2c(nnc2-c2c(O)cccc2O)C1. The number of benzene rings is 1. The average Bonchev–Trinajstić information content (AvgIpc) is 2.81. The van der Waals surface area contributed by atoms with Crippen LogP contribution in [0.1, 0.15) is 12.2 Å². The molecule has 1 unspecified atom stereocenters. The Morgan fingerprint density at radius 2 is 2.00 bits per heavy atom. The van der Waals surface area contributed by atoms with E-state index >= 15 is 0 Å². The van der Waals surface area contributed by atoms with Gasteiger partial charge in [-0.1, -0.05) is 6.07 Å². The molecule has 0 fully saturated rings. The van der Waals surface area contributed by atoms with Crippen molar-refractivity contribution in [2.75, 3.05) is 6.54 Å². The van der Waals surface area contributed by atoms with E-state index in [1.807, 2.05) is 4.57 Å². The quantitative estimate of drug-likeness (QED) is 0.744. The topological polar surface area (TPSA) is 97.2 Å². The molecule has 1 aromatic heterocycles. The lowest BCUT2D eigenvalue weighted by Gasteiger charge is -2.22. The number of nitrogens with two attached hydrogens (primary N) is 1. The number of nitrogens with zero attached hydrogens (tertiary/aromatic N) is 3. The Hall–Kier alpha value is -2.08. The fourth-order valence-corrected chi connectivity index (χ4v) is 2.54. The van der Waals surface area contributed by atoms with E-state index in [4.69, 9.17) is 5.73 Å². The van der Waals surface area contributed by atoms with Gasteiger partial charge < -0.3 is 20.5 Å². The summed E-state index contributed by atoms with van der Waals surface area (Å²) in [6.45, 7) is 1.40. The monoisotopic (exact) mass is 260 g/mol. The molecule has 6 nitrogen and oxygen atoms in total. The summed E-state index contributed by atoms with van der Waals surface area (Å²) < 4.78 is 1.95. The Morgan fingerprint density at radius 1 is 1.26 bits per heavy atom. The van der Waals surface area contributed by atoms with E-state index in [0.29, 0.717) is 23.9 Å². The van der Waals surface area contributed by atoms with E-state index < -0.39 is 0 Å². The Balaban J connectivity index is 2.07. The van der Waals surface area contributed by atoms with Crippen LogP contribution in [-0.4, -0.2) is 31.5 Å². The third-order valence-corrected chi connectivity index (χ3v) is 3.64. The lowest BCUT2D eigenvalue weighted by atomic mass is 9.98. The molecular formula is C13H16N4O2. The van der Waals surface area contributed by atoms with Crippen LogP contribution in [0, 0.1) is 5.92 Å². The third kappa shape index (κ3) is 1.94. The van der Waals surface area contributed by atoms with E-state index in [2.05, 4.69) is 10.2 Å². The van der Waals surface area contributed by atoms with Gasteiger partial charge in [0.1, 0.15) is 22.9 Å². The highest BCUT2D eigenvalue weighted by molar-refractivity contribution is 5.71. The molecule has 19 heavy (non-hydrogen) atoms. The van der Waals surface area contributed by atoms with Crippen LogP contribution < -0.4 is 5.73 Å². The predicted octanol–water partition coefficient (Wildman–Crippen LogP) is 0.877. The van der Waals surface area contributed by atoms with Gasteiger partial charge in [-0.15, -0.1) is 10.2 Å². The fraction of sp³-hybridized carbons (Fsp3) is 0.385. The molecule has 0 amide bonds. The summed E-state index contributed by atoms with van der Waals surface area (Å²) in [6, 6.07) is 4.65. The van der Waals surface area contributed by atoms with E-state index in [-0.39, 0.29) is 11.5 Å². The van der Waals surface area contributed by atoms with Crippen molar-refractivity contribution in [2.24, 2.45) is 11.7 Å². The maximum absolute atomic E-state index is 9.90. The number of fused-ring (bicyclic) bond motifs is 1. The van der Waals surface area contributed by atoms with Gasteiger partial charge in [-0.05, 0) is 31.0 Å². The standard InChI is InChI=1S/C13H16N4O2/c14-7-8-4-5-17-11(6-8)15-16-13(17)12-9(18)2-1-3-10(12)19/h1-3,8,18-19H,4-7,14H2. The molecule has 1 atom stereocenters. The molecule has 4 N–H and O–H groups in total. The van der Waals surface area contributed by atoms with E-state index in [1.165, 1.54) is 12.1 Å². The maximum Gasteiger partial charge on any atom is 0.171 e. The van der Waals surface area contributed by atoms with Gasteiger partial charge in [0.05, 0.1) is 0 Å². The first-order valence-electron chi connectivity index (χ1n) is 6.34. The van der Waals surface area contributed by atoms with Gasteiger partial charge in [0, 0.05) is 13.0 Å². The largest absolute Gasteiger partial charge is 0.507 e. The number of phenols is 2. The number of rotatable bonds is 2. The zero-order valence-corrected chi connectivity index (χ0v) is 10.5. The van der Waals surface area contributed by atoms with Gasteiger partial charge >= 0.3 is 0 Å². The zero-order chi connectivity index (χ0) is 13.4. The average molecular weight is 260 g/mol. The van der Waals surface area contributed by atoms with E-state index in [9.17, 15) is 10.2 Å². The Morgan fingerprint density at radius 3 is 2.68 bits per heavy atom. The first-order chi connectivity index (χ1) is 9.20. The summed E-state index contributed by atoms with van der Waals surface area (Å²) in [5.74, 6) is 1.83. The molecule has 0 radical (unpaired) electrons. The molecule has 2 aromatic rings. The van der Waals surface area contributed by atoms with Gasteiger partial charge in [-0.25, -0.2) is 0 Å². The minimum absolute atomic E-state index is 0.0103. The number of hydrogen-bond acceptors (Lipinski definition) is 5. The Labute approximate surface area is 110 Å². The summed E-state index contributed by atoms with van der Waals surface area (Å²) in [4.78, 5) is 0. The Kier molecular flexibility index (Phi) is 2.87. The number of aromatic nitrogens is 3. The molecule has 2 heterocycles. The molecule has 0 saturated carbocycles. The highest BCUT2D eigenvalue weighted by atomic mass is 16.3. The Bertz CT molecular complexity index is 588. The van der Waals surface area contributed by atoms with Gasteiger partial charge in [-0.3, -0.25) is 0 Å². The summed E-state index contributed by atoms with van der Waals surface area (Å²) in [7, 11) is 0. The number of phenolic OH excluding ortho intramolecular Hbond substituents is 2. The van der Waals surface area contributed by atoms with E-state index in [0.717, 1.165) is 25.2 Å². The van der Waals surface area contributed by atoms with Crippen LogP contribution in [0.4, 0.5) is 0 Å². The van der Waals surface area contributed by atoms with Gasteiger partial charge in [0.2, 0.25) is 0 Å². The second kappa shape index (κ2) is 4.55. The molecule has 1 aliphatic heterocycles. The fourth-order valence-electron chi connectivity index (χ4n) is 2.54. The van der Waals surface area contributed by atoms with Crippen molar-refractivity contribution in [1.82, 2.24) is 14.8 Å². The third-order valence-electron chi connectivity index (χ3n) is 3.64. The highest BCUT2D eigenvalue weighted by Gasteiger charge is 2.25. The molecule has 0 bridgehead atoms. The van der Waals surface area contributed by atoms with Crippen LogP contribution >= 0.6 is 0 Å².